The summed E-state index contributed by atoms with van der Waals surface area (Å²) in [4.78, 5) is 0. The van der Waals surface area contributed by atoms with E-state index >= 15 is 0 Å². The molecule has 0 amide bonds. The molecule has 8 nitrogen and oxygen atoms in total. The van der Waals surface area contributed by atoms with Gasteiger partial charge in [-0.2, -0.15) is 0 Å². The van der Waals surface area contributed by atoms with E-state index in [1.165, 1.54) is 0 Å². The summed E-state index contributed by atoms with van der Waals surface area (Å²) in [7, 11) is 0. The Hall–Kier alpha value is -2.66. The zero-order valence-electron chi connectivity index (χ0n) is 18.7. The molecule has 0 bridgehead atoms. The van der Waals surface area contributed by atoms with Gasteiger partial charge in [-0.1, -0.05) is 36.4 Å². The van der Waals surface area contributed by atoms with E-state index in [1.807, 2.05) is 60.7 Å². The van der Waals surface area contributed by atoms with E-state index in [9.17, 15) is 0 Å². The topological polar surface area (TPSA) is 96.3 Å². The van der Waals surface area contributed by atoms with Crippen LogP contribution in [0.5, 0.6) is 0 Å². The highest BCUT2D eigenvalue weighted by Gasteiger charge is 2.09. The molecule has 178 valence electrons. The normalized spacial score (nSPS) is 11.2. The molecule has 0 unspecified atom stereocenters. The lowest BCUT2D eigenvalue weighted by Crippen LogP contribution is -2.08. The molecular weight excluding hydrogens is 472 g/mol. The summed E-state index contributed by atoms with van der Waals surface area (Å²) in [5.74, 6) is 5.41. The lowest BCUT2D eigenvalue weighted by atomic mass is 10.2. The van der Waals surface area contributed by atoms with E-state index in [-0.39, 0.29) is 0 Å². The fourth-order valence-electron chi connectivity index (χ4n) is 2.90. The Morgan fingerprint density at radius 2 is 1.00 bits per heavy atom. The second-order valence-electron chi connectivity index (χ2n) is 7.06. The van der Waals surface area contributed by atoms with Crippen LogP contribution in [0.4, 0.5) is 0 Å². The van der Waals surface area contributed by atoms with E-state index < -0.39 is 0 Å². The van der Waals surface area contributed by atoms with Gasteiger partial charge in [0.25, 0.3) is 0 Å². The molecule has 4 aromatic rings. The van der Waals surface area contributed by atoms with E-state index in [1.54, 1.807) is 23.5 Å². The predicted molar refractivity (Wildman–Crippen MR) is 133 cm³/mol. The van der Waals surface area contributed by atoms with Crippen LogP contribution in [-0.2, 0) is 21.0 Å². The molecular formula is C24H26N4O4S2. The van der Waals surface area contributed by atoms with Crippen molar-refractivity contribution in [2.24, 2.45) is 0 Å². The van der Waals surface area contributed by atoms with Gasteiger partial charge in [-0.25, -0.2) is 0 Å². The van der Waals surface area contributed by atoms with Crippen LogP contribution in [0.25, 0.3) is 22.9 Å². The van der Waals surface area contributed by atoms with Crippen LogP contribution in [0.1, 0.15) is 11.8 Å². The summed E-state index contributed by atoms with van der Waals surface area (Å²) in [6.45, 7) is 2.47. The molecule has 0 fully saturated rings. The van der Waals surface area contributed by atoms with Gasteiger partial charge in [0, 0.05) is 22.6 Å². The fraction of sp³-hybridized carbons (Fsp3) is 0.333. The van der Waals surface area contributed by atoms with E-state index in [0.717, 1.165) is 22.6 Å². The van der Waals surface area contributed by atoms with Gasteiger partial charge in [0.1, 0.15) is 0 Å². The maximum absolute atomic E-state index is 5.69. The van der Waals surface area contributed by atoms with Crippen LogP contribution in [0, 0.1) is 0 Å². The number of ether oxygens (including phenoxy) is 2. The van der Waals surface area contributed by atoms with Crippen LogP contribution in [0.15, 0.2) is 69.5 Å². The van der Waals surface area contributed by atoms with Gasteiger partial charge < -0.3 is 18.3 Å². The third-order valence-corrected chi connectivity index (χ3v) is 6.36. The lowest BCUT2D eigenvalue weighted by Gasteiger charge is -2.05. The van der Waals surface area contributed by atoms with Crippen LogP contribution in [0.3, 0.4) is 0 Å². The highest BCUT2D eigenvalue weighted by atomic mass is 32.2. The number of thioether (sulfide) groups is 2. The molecule has 2 aromatic heterocycles. The minimum atomic E-state index is 0.553. The van der Waals surface area contributed by atoms with Crippen molar-refractivity contribution in [3.63, 3.8) is 0 Å². The molecule has 0 saturated carbocycles. The van der Waals surface area contributed by atoms with Gasteiger partial charge in [0.15, 0.2) is 0 Å². The highest BCUT2D eigenvalue weighted by molar-refractivity contribution is 7.98. The van der Waals surface area contributed by atoms with Crippen LogP contribution in [0.2, 0.25) is 0 Å². The van der Waals surface area contributed by atoms with Gasteiger partial charge in [0.2, 0.25) is 23.6 Å². The van der Waals surface area contributed by atoms with E-state index in [2.05, 4.69) is 20.4 Å². The molecule has 10 heteroatoms. The number of hydrogen-bond acceptors (Lipinski definition) is 10. The largest absolute Gasteiger partial charge is 0.420 e. The molecule has 4 rings (SSSR count). The number of benzene rings is 2. The average molecular weight is 499 g/mol. The van der Waals surface area contributed by atoms with Crippen LogP contribution < -0.4 is 0 Å². The first-order valence-corrected chi connectivity index (χ1v) is 13.3. The van der Waals surface area contributed by atoms with Crippen LogP contribution >= 0.6 is 23.5 Å². The number of nitrogens with zero attached hydrogens (tertiary/aromatic N) is 4. The summed E-state index contributed by atoms with van der Waals surface area (Å²) in [6.07, 6.45) is 0. The Labute approximate surface area is 206 Å². The molecule has 0 radical (unpaired) electrons. The van der Waals surface area contributed by atoms with Crippen molar-refractivity contribution in [3.8, 4) is 22.9 Å². The highest BCUT2D eigenvalue weighted by Crippen LogP contribution is 2.20. The van der Waals surface area contributed by atoms with Gasteiger partial charge in [-0.05, 0) is 24.3 Å². The van der Waals surface area contributed by atoms with Crippen LogP contribution in [-0.4, -0.2) is 58.3 Å². The Bertz CT molecular complexity index is 1000. The number of aromatic nitrogens is 4. The molecule has 0 atom stereocenters. The summed E-state index contributed by atoms with van der Waals surface area (Å²) >= 11 is 3.41. The SMILES string of the molecule is c1ccc(-c2nnc(CSCCOCCOCCSCc3nnc(-c4ccccc4)o3)o2)cc1. The van der Waals surface area contributed by atoms with Gasteiger partial charge in [-0.3, -0.25) is 0 Å². The molecule has 2 aromatic carbocycles. The third-order valence-electron chi connectivity index (χ3n) is 4.54. The van der Waals surface area contributed by atoms with Crippen molar-refractivity contribution in [1.29, 1.82) is 0 Å². The summed E-state index contributed by atoms with van der Waals surface area (Å²) in [6, 6.07) is 19.5. The van der Waals surface area contributed by atoms with Crippen molar-refractivity contribution in [3.05, 3.63) is 72.4 Å². The van der Waals surface area contributed by atoms with Gasteiger partial charge in [-0.15, -0.1) is 43.9 Å². The van der Waals surface area contributed by atoms with E-state index in [0.29, 0.717) is 61.5 Å². The zero-order valence-corrected chi connectivity index (χ0v) is 20.3. The smallest absolute Gasteiger partial charge is 0.247 e. The Kier molecular flexibility index (Phi) is 10.0. The van der Waals surface area contributed by atoms with Gasteiger partial charge >= 0.3 is 0 Å². The molecule has 0 aliphatic heterocycles. The first kappa shape index (κ1) is 24.5. The molecule has 2 heterocycles. The second kappa shape index (κ2) is 13.9. The van der Waals surface area contributed by atoms with Crippen molar-refractivity contribution in [1.82, 2.24) is 20.4 Å². The lowest BCUT2D eigenvalue weighted by molar-refractivity contribution is 0.0605. The summed E-state index contributed by atoms with van der Waals surface area (Å²) in [5, 5.41) is 16.4. The number of hydrogen-bond donors (Lipinski definition) is 0. The van der Waals surface area contributed by atoms with Crippen molar-refractivity contribution < 1.29 is 18.3 Å². The summed E-state index contributed by atoms with van der Waals surface area (Å²) in [5.41, 5.74) is 1.86. The fourth-order valence-corrected chi connectivity index (χ4v) is 4.24. The molecule has 0 saturated heterocycles. The van der Waals surface area contributed by atoms with E-state index in [4.69, 9.17) is 18.3 Å². The molecule has 0 N–H and O–H groups in total. The maximum Gasteiger partial charge on any atom is 0.247 e. The monoisotopic (exact) mass is 498 g/mol. The molecule has 0 aliphatic rings. The first-order chi connectivity index (χ1) is 16.9. The Morgan fingerprint density at radius 1 is 0.559 bits per heavy atom. The predicted octanol–water partition coefficient (Wildman–Crippen LogP) is 4.99. The zero-order chi connectivity index (χ0) is 23.3. The van der Waals surface area contributed by atoms with Crippen molar-refractivity contribution in [2.45, 2.75) is 11.5 Å². The first-order valence-electron chi connectivity index (χ1n) is 10.9. The summed E-state index contributed by atoms with van der Waals surface area (Å²) < 4.78 is 22.6. The minimum Gasteiger partial charge on any atom is -0.420 e. The average Bonchev–Trinajstić information content (AvgIpc) is 3.56. The molecule has 0 aliphatic carbocycles. The van der Waals surface area contributed by atoms with Gasteiger partial charge in [0.05, 0.1) is 37.9 Å². The van der Waals surface area contributed by atoms with Crippen molar-refractivity contribution >= 4 is 23.5 Å². The third kappa shape index (κ3) is 7.98. The Balaban J connectivity index is 0.970. The quantitative estimate of drug-likeness (QED) is 0.209. The maximum atomic E-state index is 5.69. The Morgan fingerprint density at radius 3 is 1.44 bits per heavy atom. The minimum absolute atomic E-state index is 0.553. The van der Waals surface area contributed by atoms with Crippen molar-refractivity contribution in [2.75, 3.05) is 37.9 Å². The number of rotatable bonds is 15. The standard InChI is InChI=1S/C24H26N4O4S2/c1-3-7-19(8-4-1)23-27-25-21(31-23)17-33-15-13-29-11-12-30-14-16-34-18-22-26-28-24(32-22)20-9-5-2-6-10-20/h1-10H,11-18H2. The molecule has 0 spiro atoms. The molecule has 34 heavy (non-hydrogen) atoms. The second-order valence-corrected chi connectivity index (χ2v) is 9.27.